The number of amides is 2. The number of halogens is 3. The Kier molecular flexibility index (Phi) is 7.54. The van der Waals surface area contributed by atoms with E-state index in [1.165, 1.54) is 12.1 Å². The lowest BCUT2D eigenvalue weighted by molar-refractivity contribution is -0.123. The molecule has 0 aliphatic carbocycles. The van der Waals surface area contributed by atoms with E-state index in [-0.39, 0.29) is 17.0 Å². The van der Waals surface area contributed by atoms with Gasteiger partial charge in [-0.15, -0.1) is 0 Å². The molecule has 198 valence electrons. The standard InChI is InChI=1S/C26H27F3N2O5S/c1-25(2,3)23(33)30-14-9-8-12(10-13(14)27)16-11-15(32)17-20(31-24(34)26(4,5)6)18(28)22(37(7)35)19(29)21(17)36-16/h8-11H,1-7H3,(H,30,33)(H,31,34). The summed E-state index contributed by atoms with van der Waals surface area (Å²) in [6.07, 6.45) is 1.03. The maximum absolute atomic E-state index is 15.3. The zero-order valence-corrected chi connectivity index (χ0v) is 22.2. The van der Waals surface area contributed by atoms with Crippen molar-refractivity contribution in [2.75, 3.05) is 16.9 Å². The third kappa shape index (κ3) is 5.67. The van der Waals surface area contributed by atoms with Gasteiger partial charge in [0.1, 0.15) is 17.8 Å². The molecule has 1 atom stereocenters. The van der Waals surface area contributed by atoms with Crippen molar-refractivity contribution in [2.24, 2.45) is 10.8 Å². The molecule has 0 spiro atoms. The first-order valence-corrected chi connectivity index (χ1v) is 12.7. The minimum absolute atomic E-state index is 0.0217. The van der Waals surface area contributed by atoms with Gasteiger partial charge in [-0.3, -0.25) is 14.4 Å². The van der Waals surface area contributed by atoms with Crippen LogP contribution in [0, 0.1) is 28.3 Å². The smallest absolute Gasteiger partial charge is 0.229 e. The van der Waals surface area contributed by atoms with Crippen molar-refractivity contribution in [1.29, 1.82) is 0 Å². The maximum Gasteiger partial charge on any atom is 0.229 e. The fourth-order valence-corrected chi connectivity index (χ4v) is 3.90. The van der Waals surface area contributed by atoms with Crippen molar-refractivity contribution < 1.29 is 31.7 Å². The first kappa shape index (κ1) is 28.3. The third-order valence-corrected chi connectivity index (χ3v) is 6.34. The van der Waals surface area contributed by atoms with Gasteiger partial charge in [0.2, 0.25) is 28.3 Å². The first-order chi connectivity index (χ1) is 16.9. The molecule has 0 bridgehead atoms. The molecule has 3 rings (SSSR count). The van der Waals surface area contributed by atoms with Gasteiger partial charge in [-0.25, -0.2) is 4.39 Å². The second kappa shape index (κ2) is 9.86. The zero-order valence-electron chi connectivity index (χ0n) is 21.4. The number of nitrogens with one attached hydrogen (secondary N) is 2. The Hall–Kier alpha value is -3.31. The van der Waals surface area contributed by atoms with Crippen LogP contribution in [-0.2, 0) is 20.8 Å². The predicted octanol–water partition coefficient (Wildman–Crippen LogP) is 5.58. The van der Waals surface area contributed by atoms with Crippen LogP contribution in [0.25, 0.3) is 22.3 Å². The Balaban J connectivity index is 2.22. The highest BCUT2D eigenvalue weighted by atomic mass is 32.2. The molecule has 2 amide bonds. The Morgan fingerprint density at radius 1 is 0.919 bits per heavy atom. The number of carbonyl (C=O) groups excluding carboxylic acids is 2. The number of anilines is 2. The van der Waals surface area contributed by atoms with Crippen LogP contribution in [-0.4, -0.2) is 22.6 Å². The van der Waals surface area contributed by atoms with Crippen molar-refractivity contribution >= 4 is 45.3 Å². The summed E-state index contributed by atoms with van der Waals surface area (Å²) in [7, 11) is 0. The summed E-state index contributed by atoms with van der Waals surface area (Å²) in [5.41, 5.74) is -4.19. The van der Waals surface area contributed by atoms with Crippen LogP contribution in [0.5, 0.6) is 0 Å². The van der Waals surface area contributed by atoms with Crippen LogP contribution in [0.15, 0.2) is 38.4 Å². The normalized spacial score (nSPS) is 12.9. The van der Waals surface area contributed by atoms with E-state index in [1.807, 2.05) is 0 Å². The molecule has 0 saturated heterocycles. The average molecular weight is 537 g/mol. The van der Waals surface area contributed by atoms with E-state index in [0.717, 1.165) is 18.4 Å². The minimum Gasteiger partial charge on any atom is -0.611 e. The molecule has 1 unspecified atom stereocenters. The molecule has 3 aromatic rings. The molecule has 0 aliphatic heterocycles. The topological polar surface area (TPSA) is 111 Å². The molecule has 0 radical (unpaired) electrons. The summed E-state index contributed by atoms with van der Waals surface area (Å²) in [6, 6.07) is 4.47. The molecule has 7 nitrogen and oxygen atoms in total. The molecular weight excluding hydrogens is 509 g/mol. The van der Waals surface area contributed by atoms with Crippen LogP contribution in [0.3, 0.4) is 0 Å². The molecule has 11 heteroatoms. The molecule has 1 aromatic heterocycles. The number of hydrogen-bond donors (Lipinski definition) is 2. The van der Waals surface area contributed by atoms with Gasteiger partial charge in [-0.1, -0.05) is 41.5 Å². The summed E-state index contributed by atoms with van der Waals surface area (Å²) in [5, 5.41) is 4.15. The maximum atomic E-state index is 15.3. The molecule has 1 heterocycles. The molecule has 0 aliphatic rings. The van der Waals surface area contributed by atoms with E-state index in [1.54, 1.807) is 41.5 Å². The van der Waals surface area contributed by atoms with E-state index < -0.39 is 78.3 Å². The Bertz CT molecular complexity index is 1470. The van der Waals surface area contributed by atoms with E-state index >= 15 is 8.78 Å². The van der Waals surface area contributed by atoms with Crippen LogP contribution >= 0.6 is 0 Å². The van der Waals surface area contributed by atoms with Gasteiger partial charge in [0.15, 0.2) is 11.0 Å². The number of fused-ring (bicyclic) bond motifs is 1. The van der Waals surface area contributed by atoms with Crippen LogP contribution in [0.1, 0.15) is 41.5 Å². The van der Waals surface area contributed by atoms with E-state index in [0.29, 0.717) is 0 Å². The predicted molar refractivity (Wildman–Crippen MR) is 136 cm³/mol. The lowest BCUT2D eigenvalue weighted by atomic mass is 9.95. The minimum atomic E-state index is -2.20. The molecule has 2 N–H and O–H groups in total. The van der Waals surface area contributed by atoms with Gasteiger partial charge in [-0.2, -0.15) is 8.78 Å². The van der Waals surface area contributed by atoms with E-state index in [2.05, 4.69) is 10.6 Å². The highest BCUT2D eigenvalue weighted by Crippen LogP contribution is 2.36. The van der Waals surface area contributed by atoms with Gasteiger partial charge in [-0.05, 0) is 29.4 Å². The molecule has 2 aromatic carbocycles. The monoisotopic (exact) mass is 536 g/mol. The van der Waals surface area contributed by atoms with Crippen molar-refractivity contribution in [1.82, 2.24) is 0 Å². The highest BCUT2D eigenvalue weighted by molar-refractivity contribution is 7.90. The summed E-state index contributed by atoms with van der Waals surface area (Å²) in [5.74, 6) is -4.94. The number of rotatable bonds is 4. The SMILES string of the molecule is C[S+]([O-])c1c(F)c(NC(=O)C(C)(C)C)c2c(=O)cc(-c3ccc(NC(=O)C(C)(C)C)c(F)c3)oc2c1F. The largest absolute Gasteiger partial charge is 0.611 e. The van der Waals surface area contributed by atoms with E-state index in [9.17, 15) is 23.3 Å². The van der Waals surface area contributed by atoms with Crippen LogP contribution in [0.2, 0.25) is 0 Å². The Morgan fingerprint density at radius 2 is 1.49 bits per heavy atom. The van der Waals surface area contributed by atoms with Gasteiger partial charge in [0, 0.05) is 22.5 Å². The molecule has 0 saturated carbocycles. The summed E-state index contributed by atoms with van der Waals surface area (Å²) >= 11 is -2.20. The molecule has 0 fully saturated rings. The lowest BCUT2D eigenvalue weighted by Gasteiger charge is -2.20. The lowest BCUT2D eigenvalue weighted by Crippen LogP contribution is -2.29. The van der Waals surface area contributed by atoms with Gasteiger partial charge in [0.25, 0.3) is 0 Å². The van der Waals surface area contributed by atoms with E-state index in [4.69, 9.17) is 4.42 Å². The number of benzene rings is 2. The third-order valence-electron chi connectivity index (χ3n) is 5.41. The molecular formula is C26H27F3N2O5S. The van der Waals surface area contributed by atoms with Crippen molar-refractivity contribution in [3.63, 3.8) is 0 Å². The van der Waals surface area contributed by atoms with Gasteiger partial charge >= 0.3 is 0 Å². The number of hydrogen-bond acceptors (Lipinski definition) is 5. The fourth-order valence-electron chi connectivity index (χ4n) is 3.20. The highest BCUT2D eigenvalue weighted by Gasteiger charge is 2.33. The summed E-state index contributed by atoms with van der Waals surface area (Å²) in [6.45, 7) is 9.62. The Morgan fingerprint density at radius 3 is 2.00 bits per heavy atom. The van der Waals surface area contributed by atoms with Gasteiger partial charge < -0.3 is 19.6 Å². The van der Waals surface area contributed by atoms with Crippen LogP contribution in [0.4, 0.5) is 24.5 Å². The van der Waals surface area contributed by atoms with Crippen LogP contribution < -0.4 is 16.1 Å². The molecule has 37 heavy (non-hydrogen) atoms. The van der Waals surface area contributed by atoms with Gasteiger partial charge in [0.05, 0.1) is 16.8 Å². The fraction of sp³-hybridized carbons (Fsp3) is 0.346. The first-order valence-electron chi connectivity index (χ1n) is 11.2. The Labute approximate surface area is 214 Å². The summed E-state index contributed by atoms with van der Waals surface area (Å²) in [4.78, 5) is 36.9. The van der Waals surface area contributed by atoms with Crippen molar-refractivity contribution in [3.05, 3.63) is 51.9 Å². The number of carbonyl (C=O) groups is 2. The summed E-state index contributed by atoms with van der Waals surface area (Å²) < 4.78 is 63.0. The zero-order chi connectivity index (χ0) is 28.0. The van der Waals surface area contributed by atoms with Crippen molar-refractivity contribution in [3.8, 4) is 11.3 Å². The quantitative estimate of drug-likeness (QED) is 0.423. The second-order valence-electron chi connectivity index (χ2n) is 10.6. The van der Waals surface area contributed by atoms with Crippen molar-refractivity contribution in [2.45, 2.75) is 46.4 Å². The second-order valence-corrected chi connectivity index (χ2v) is 11.9. The average Bonchev–Trinajstić information content (AvgIpc) is 2.76.